The fourth-order valence-corrected chi connectivity index (χ4v) is 4.18. The zero-order valence-electron chi connectivity index (χ0n) is 16.8. The number of rotatable bonds is 4. The number of carbonyl (C=O) groups is 1. The minimum Gasteiger partial charge on any atom is -0.496 e. The molecule has 0 spiro atoms. The van der Waals surface area contributed by atoms with E-state index in [-0.39, 0.29) is 5.91 Å². The Bertz CT molecular complexity index is 1220. The van der Waals surface area contributed by atoms with E-state index in [1.807, 2.05) is 65.7 Å². The number of ether oxygens (including phenoxy) is 1. The lowest BCUT2D eigenvalue weighted by atomic mass is 9.95. The Kier molecular flexibility index (Phi) is 4.67. The predicted octanol–water partition coefficient (Wildman–Crippen LogP) is 3.76. The second kappa shape index (κ2) is 7.63. The van der Waals surface area contributed by atoms with Crippen molar-refractivity contribution < 1.29 is 9.53 Å². The molecule has 1 aliphatic heterocycles. The summed E-state index contributed by atoms with van der Waals surface area (Å²) in [5.74, 6) is 0.931. The molecule has 0 aliphatic carbocycles. The maximum Gasteiger partial charge on any atom is 0.227 e. The van der Waals surface area contributed by atoms with Gasteiger partial charge in [-0.2, -0.15) is 5.10 Å². The molecule has 0 radical (unpaired) electrons. The van der Waals surface area contributed by atoms with Gasteiger partial charge in [-0.1, -0.05) is 42.5 Å². The fraction of sp³-hybridized carbons (Fsp3) is 0.208. The van der Waals surface area contributed by atoms with Crippen LogP contribution in [0.1, 0.15) is 16.7 Å². The summed E-state index contributed by atoms with van der Waals surface area (Å²) in [6.07, 6.45) is 3.05. The number of nitrogens with zero attached hydrogens (tertiary/aromatic N) is 3. The van der Waals surface area contributed by atoms with Crippen molar-refractivity contribution in [3.05, 3.63) is 77.5 Å². The van der Waals surface area contributed by atoms with Crippen molar-refractivity contribution in [1.82, 2.24) is 20.1 Å². The molecule has 6 heteroatoms. The van der Waals surface area contributed by atoms with E-state index in [4.69, 9.17) is 4.74 Å². The third-order valence-electron chi connectivity index (χ3n) is 5.70. The van der Waals surface area contributed by atoms with E-state index >= 15 is 0 Å². The molecule has 6 nitrogen and oxygen atoms in total. The Balaban J connectivity index is 1.48. The van der Waals surface area contributed by atoms with E-state index in [0.29, 0.717) is 25.2 Å². The number of amides is 1. The normalized spacial score (nSPS) is 13.3. The number of aromatic nitrogens is 3. The molecule has 1 N–H and O–H groups in total. The zero-order chi connectivity index (χ0) is 20.5. The summed E-state index contributed by atoms with van der Waals surface area (Å²) in [4.78, 5) is 19.3. The van der Waals surface area contributed by atoms with Crippen LogP contribution in [0.5, 0.6) is 5.75 Å². The van der Waals surface area contributed by atoms with Gasteiger partial charge in [0.25, 0.3) is 0 Å². The first-order valence-corrected chi connectivity index (χ1v) is 10.0. The highest BCUT2D eigenvalue weighted by Gasteiger charge is 2.25. The summed E-state index contributed by atoms with van der Waals surface area (Å²) in [5, 5.41) is 8.59. The first-order chi connectivity index (χ1) is 14.7. The first-order valence-electron chi connectivity index (χ1n) is 10.0. The third-order valence-corrected chi connectivity index (χ3v) is 5.70. The zero-order valence-corrected chi connectivity index (χ0v) is 16.8. The maximum absolute atomic E-state index is 12.8. The second-order valence-corrected chi connectivity index (χ2v) is 7.49. The van der Waals surface area contributed by atoms with Gasteiger partial charge in [0.15, 0.2) is 5.65 Å². The minimum atomic E-state index is 0.143. The van der Waals surface area contributed by atoms with Gasteiger partial charge >= 0.3 is 0 Å². The van der Waals surface area contributed by atoms with Crippen LogP contribution >= 0.6 is 0 Å². The van der Waals surface area contributed by atoms with Gasteiger partial charge in [-0.05, 0) is 35.2 Å². The van der Waals surface area contributed by atoms with Gasteiger partial charge in [0.1, 0.15) is 5.75 Å². The van der Waals surface area contributed by atoms with Crippen LogP contribution in [0.2, 0.25) is 0 Å². The van der Waals surface area contributed by atoms with Crippen LogP contribution in [0.15, 0.2) is 60.8 Å². The highest BCUT2D eigenvalue weighted by Crippen LogP contribution is 2.36. The lowest BCUT2D eigenvalue weighted by Crippen LogP contribution is -2.37. The number of H-pyrrole nitrogens is 1. The molecular weight excluding hydrogens is 376 g/mol. The predicted molar refractivity (Wildman–Crippen MR) is 115 cm³/mol. The Morgan fingerprint density at radius 1 is 1.13 bits per heavy atom. The molecule has 3 heterocycles. The number of aromatic amines is 1. The van der Waals surface area contributed by atoms with Crippen LogP contribution in [0.3, 0.4) is 0 Å². The molecule has 1 amide bonds. The van der Waals surface area contributed by atoms with Crippen LogP contribution in [-0.4, -0.2) is 39.6 Å². The molecular formula is C24H22N4O2. The Morgan fingerprint density at radius 3 is 2.77 bits per heavy atom. The molecule has 2 aromatic heterocycles. The average Bonchev–Trinajstić information content (AvgIpc) is 3.23. The third kappa shape index (κ3) is 3.20. The summed E-state index contributed by atoms with van der Waals surface area (Å²) in [6, 6.07) is 17.8. The molecule has 30 heavy (non-hydrogen) atoms. The molecule has 0 bridgehead atoms. The number of pyridine rings is 1. The molecule has 5 rings (SSSR count). The molecule has 0 unspecified atom stereocenters. The van der Waals surface area contributed by atoms with Gasteiger partial charge in [-0.15, -0.1) is 0 Å². The van der Waals surface area contributed by atoms with Crippen LogP contribution in [0.4, 0.5) is 0 Å². The average molecular weight is 398 g/mol. The highest BCUT2D eigenvalue weighted by molar-refractivity contribution is 5.96. The Morgan fingerprint density at radius 2 is 1.93 bits per heavy atom. The number of methoxy groups -OCH3 is 1. The van der Waals surface area contributed by atoms with Crippen molar-refractivity contribution in [2.75, 3.05) is 13.7 Å². The van der Waals surface area contributed by atoms with Crippen LogP contribution < -0.4 is 4.74 Å². The van der Waals surface area contributed by atoms with E-state index in [2.05, 4.69) is 15.2 Å². The van der Waals surface area contributed by atoms with Crippen molar-refractivity contribution >= 4 is 16.9 Å². The molecule has 2 aromatic carbocycles. The van der Waals surface area contributed by atoms with Gasteiger partial charge in [-0.25, -0.2) is 4.98 Å². The van der Waals surface area contributed by atoms with Crippen molar-refractivity contribution in [1.29, 1.82) is 0 Å². The monoisotopic (exact) mass is 398 g/mol. The number of benzene rings is 2. The fourth-order valence-electron chi connectivity index (χ4n) is 4.18. The van der Waals surface area contributed by atoms with Gasteiger partial charge in [0, 0.05) is 24.8 Å². The lowest BCUT2D eigenvalue weighted by molar-refractivity contribution is -0.131. The second-order valence-electron chi connectivity index (χ2n) is 7.49. The summed E-state index contributed by atoms with van der Waals surface area (Å²) in [5.41, 5.74) is 5.89. The summed E-state index contributed by atoms with van der Waals surface area (Å²) >= 11 is 0. The van der Waals surface area contributed by atoms with Gasteiger partial charge in [0.2, 0.25) is 5.91 Å². The van der Waals surface area contributed by atoms with E-state index < -0.39 is 0 Å². The van der Waals surface area contributed by atoms with E-state index in [1.54, 1.807) is 7.11 Å². The van der Waals surface area contributed by atoms with E-state index in [1.165, 1.54) is 5.56 Å². The van der Waals surface area contributed by atoms with Crippen molar-refractivity contribution in [3.63, 3.8) is 0 Å². The molecule has 0 saturated carbocycles. The summed E-state index contributed by atoms with van der Waals surface area (Å²) in [7, 11) is 1.67. The maximum atomic E-state index is 12.8. The number of nitrogens with one attached hydrogen (secondary N) is 1. The molecule has 1 aliphatic rings. The Hall–Kier alpha value is -3.67. The van der Waals surface area contributed by atoms with E-state index in [9.17, 15) is 4.79 Å². The van der Waals surface area contributed by atoms with Crippen LogP contribution in [0.25, 0.3) is 22.3 Å². The molecule has 150 valence electrons. The molecule has 0 saturated heterocycles. The van der Waals surface area contributed by atoms with Gasteiger partial charge < -0.3 is 9.64 Å². The quantitative estimate of drug-likeness (QED) is 0.568. The number of para-hydroxylation sites is 1. The Labute approximate surface area is 174 Å². The van der Waals surface area contributed by atoms with Crippen molar-refractivity contribution in [2.24, 2.45) is 0 Å². The topological polar surface area (TPSA) is 71.1 Å². The SMILES string of the molecule is COc1ccccc1-c1[nH]nc2ncc3c(c12)CCN(C(=O)Cc1ccccc1)C3. The smallest absolute Gasteiger partial charge is 0.227 e. The van der Waals surface area contributed by atoms with Crippen LogP contribution in [-0.2, 0) is 24.2 Å². The summed E-state index contributed by atoms with van der Waals surface area (Å²) in [6.45, 7) is 1.26. The number of carbonyl (C=O) groups excluding carboxylic acids is 1. The van der Waals surface area contributed by atoms with Gasteiger partial charge in [0.05, 0.1) is 24.6 Å². The van der Waals surface area contributed by atoms with Crippen molar-refractivity contribution in [3.8, 4) is 17.0 Å². The largest absolute Gasteiger partial charge is 0.496 e. The minimum absolute atomic E-state index is 0.143. The molecule has 0 atom stereocenters. The lowest BCUT2D eigenvalue weighted by Gasteiger charge is -2.29. The van der Waals surface area contributed by atoms with Crippen molar-refractivity contribution in [2.45, 2.75) is 19.4 Å². The standard InChI is InChI=1S/C24H22N4O2/c1-30-20-10-6-5-9-19(20)23-22-18-11-12-28(15-17(18)14-25-24(22)27-26-23)21(29)13-16-7-3-2-4-8-16/h2-10,14H,11-13,15H2,1H3,(H,25,26,27). The first kappa shape index (κ1) is 18.4. The number of hydrogen-bond donors (Lipinski definition) is 1. The van der Waals surface area contributed by atoms with Crippen LogP contribution in [0, 0.1) is 0 Å². The van der Waals surface area contributed by atoms with Gasteiger partial charge in [-0.3, -0.25) is 9.89 Å². The molecule has 4 aromatic rings. The number of fused-ring (bicyclic) bond motifs is 3. The van der Waals surface area contributed by atoms with E-state index in [0.717, 1.165) is 39.9 Å². The highest BCUT2D eigenvalue weighted by atomic mass is 16.5. The molecule has 0 fully saturated rings. The number of hydrogen-bond acceptors (Lipinski definition) is 4. The summed E-state index contributed by atoms with van der Waals surface area (Å²) < 4.78 is 5.55.